The van der Waals surface area contributed by atoms with Gasteiger partial charge >= 0.3 is 0 Å². The van der Waals surface area contributed by atoms with Gasteiger partial charge in [0.25, 0.3) is 0 Å². The molecule has 0 saturated carbocycles. The minimum absolute atomic E-state index is 1.10. The SMILES string of the molecule is Brc1ccc2sc(-c3ccccc3)c(-c3c(-c4ccccc4)sc4ccc(Br)cc34)c2c1. The summed E-state index contributed by atoms with van der Waals surface area (Å²) in [5.41, 5.74) is 5.16. The van der Waals surface area contributed by atoms with Crippen LogP contribution in [0.4, 0.5) is 0 Å². The smallest absolute Gasteiger partial charge is 0.0434 e. The van der Waals surface area contributed by atoms with Gasteiger partial charge in [0.05, 0.1) is 0 Å². The Hall–Kier alpha value is -2.24. The standard InChI is InChI=1S/C28H16Br2S2/c29-19-11-13-23-21(15-19)25(27(31-23)17-7-3-1-4-8-17)26-22-16-20(30)12-14-24(22)32-28(26)18-9-5-2-6-10-18/h1-16H. The van der Waals surface area contributed by atoms with Crippen molar-refractivity contribution in [3.63, 3.8) is 0 Å². The lowest BCUT2D eigenvalue weighted by Gasteiger charge is -2.09. The molecule has 0 nitrogen and oxygen atoms in total. The highest BCUT2D eigenvalue weighted by Gasteiger charge is 2.23. The van der Waals surface area contributed by atoms with Crippen LogP contribution in [-0.2, 0) is 0 Å². The van der Waals surface area contributed by atoms with Crippen LogP contribution >= 0.6 is 54.5 Å². The van der Waals surface area contributed by atoms with E-state index in [1.54, 1.807) is 0 Å². The summed E-state index contributed by atoms with van der Waals surface area (Å²) < 4.78 is 4.81. The molecule has 0 N–H and O–H groups in total. The topological polar surface area (TPSA) is 0 Å². The Bertz CT molecular complexity index is 1460. The van der Waals surface area contributed by atoms with E-state index in [1.165, 1.54) is 52.2 Å². The van der Waals surface area contributed by atoms with Crippen molar-refractivity contribution in [3.05, 3.63) is 106 Å². The lowest BCUT2D eigenvalue weighted by atomic mass is 9.94. The third-order valence-electron chi connectivity index (χ3n) is 5.62. The van der Waals surface area contributed by atoms with Crippen LogP contribution in [0.5, 0.6) is 0 Å². The first-order valence-corrected chi connectivity index (χ1v) is 13.5. The summed E-state index contributed by atoms with van der Waals surface area (Å²) in [5, 5.41) is 2.58. The van der Waals surface area contributed by atoms with Gasteiger partial charge < -0.3 is 0 Å². The van der Waals surface area contributed by atoms with Crippen LogP contribution < -0.4 is 0 Å². The Morgan fingerprint density at radius 3 is 1.28 bits per heavy atom. The second-order valence-corrected chi connectivity index (χ2v) is 11.6. The van der Waals surface area contributed by atoms with Crippen LogP contribution in [0.15, 0.2) is 106 Å². The summed E-state index contributed by atoms with van der Waals surface area (Å²) in [6.45, 7) is 0. The molecular weight excluding hydrogens is 560 g/mol. The first-order chi connectivity index (χ1) is 15.7. The summed E-state index contributed by atoms with van der Waals surface area (Å²) in [5.74, 6) is 0. The van der Waals surface area contributed by atoms with Crippen LogP contribution in [-0.4, -0.2) is 0 Å². The molecule has 0 aliphatic rings. The zero-order chi connectivity index (χ0) is 21.7. The number of hydrogen-bond acceptors (Lipinski definition) is 2. The molecule has 32 heavy (non-hydrogen) atoms. The third kappa shape index (κ3) is 3.46. The molecule has 0 radical (unpaired) electrons. The van der Waals surface area contributed by atoms with Gasteiger partial charge in [-0.2, -0.15) is 0 Å². The van der Waals surface area contributed by atoms with E-state index in [0.717, 1.165) is 8.95 Å². The number of fused-ring (bicyclic) bond motifs is 2. The van der Waals surface area contributed by atoms with Crippen molar-refractivity contribution in [1.82, 2.24) is 0 Å². The van der Waals surface area contributed by atoms with Crippen molar-refractivity contribution in [3.8, 4) is 32.0 Å². The molecule has 6 aromatic rings. The molecule has 0 fully saturated rings. The van der Waals surface area contributed by atoms with Gasteiger partial charge in [0, 0.05) is 50.0 Å². The summed E-state index contributed by atoms with van der Waals surface area (Å²) in [4.78, 5) is 2.63. The molecule has 0 aliphatic heterocycles. The third-order valence-corrected chi connectivity index (χ3v) is 9.05. The molecule has 154 valence electrons. The predicted molar refractivity (Wildman–Crippen MR) is 149 cm³/mol. The van der Waals surface area contributed by atoms with Gasteiger partial charge in [-0.1, -0.05) is 92.5 Å². The minimum atomic E-state index is 1.10. The van der Waals surface area contributed by atoms with E-state index in [9.17, 15) is 0 Å². The van der Waals surface area contributed by atoms with Crippen molar-refractivity contribution in [2.24, 2.45) is 0 Å². The van der Waals surface area contributed by atoms with Crippen molar-refractivity contribution >= 4 is 74.7 Å². The average molecular weight is 576 g/mol. The maximum Gasteiger partial charge on any atom is 0.0434 e. The second-order valence-electron chi connectivity index (χ2n) is 7.63. The quantitative estimate of drug-likeness (QED) is 0.197. The zero-order valence-corrected chi connectivity index (χ0v) is 21.6. The largest absolute Gasteiger partial charge is 0.135 e. The van der Waals surface area contributed by atoms with Crippen LogP contribution in [0.3, 0.4) is 0 Å². The molecule has 0 unspecified atom stereocenters. The Balaban J connectivity index is 1.79. The highest BCUT2D eigenvalue weighted by molar-refractivity contribution is 9.10. The molecule has 0 spiro atoms. The molecule has 0 atom stereocenters. The normalized spacial score (nSPS) is 11.4. The Kier molecular flexibility index (Phi) is 5.27. The van der Waals surface area contributed by atoms with Gasteiger partial charge in [0.2, 0.25) is 0 Å². The maximum atomic E-state index is 3.72. The van der Waals surface area contributed by atoms with Gasteiger partial charge in [-0.25, -0.2) is 0 Å². The summed E-state index contributed by atoms with van der Waals surface area (Å²) in [6, 6.07) is 34.8. The van der Waals surface area contributed by atoms with Crippen LogP contribution in [0, 0.1) is 0 Å². The maximum absolute atomic E-state index is 3.72. The number of benzene rings is 4. The van der Waals surface area contributed by atoms with Gasteiger partial charge in [-0.15, -0.1) is 22.7 Å². The monoisotopic (exact) mass is 574 g/mol. The number of halogens is 2. The van der Waals surface area contributed by atoms with Gasteiger partial charge in [0.15, 0.2) is 0 Å². The minimum Gasteiger partial charge on any atom is -0.135 e. The van der Waals surface area contributed by atoms with Crippen LogP contribution in [0.2, 0.25) is 0 Å². The fourth-order valence-corrected chi connectivity index (χ4v) is 7.33. The van der Waals surface area contributed by atoms with Crippen molar-refractivity contribution in [2.45, 2.75) is 0 Å². The van der Waals surface area contributed by atoms with E-state index in [-0.39, 0.29) is 0 Å². The first kappa shape index (κ1) is 20.4. The van der Waals surface area contributed by atoms with Gasteiger partial charge in [-0.3, -0.25) is 0 Å². The molecule has 4 aromatic carbocycles. The zero-order valence-electron chi connectivity index (χ0n) is 16.8. The van der Waals surface area contributed by atoms with Crippen LogP contribution in [0.1, 0.15) is 0 Å². The van der Waals surface area contributed by atoms with Gasteiger partial charge in [0.1, 0.15) is 0 Å². The summed E-state index contributed by atoms with van der Waals surface area (Å²) in [7, 11) is 0. The Morgan fingerprint density at radius 1 is 0.469 bits per heavy atom. The average Bonchev–Trinajstić information content (AvgIpc) is 3.37. The van der Waals surface area contributed by atoms with E-state index in [0.29, 0.717) is 0 Å². The molecular formula is C28H16Br2S2. The molecule has 4 heteroatoms. The van der Waals surface area contributed by atoms with E-state index in [1.807, 2.05) is 22.7 Å². The molecule has 0 saturated heterocycles. The first-order valence-electron chi connectivity index (χ1n) is 10.2. The molecule has 6 rings (SSSR count). The number of hydrogen-bond donors (Lipinski definition) is 0. The molecule has 0 bridgehead atoms. The molecule has 0 aliphatic carbocycles. The fraction of sp³-hybridized carbons (Fsp3) is 0. The van der Waals surface area contributed by atoms with Crippen molar-refractivity contribution < 1.29 is 0 Å². The lowest BCUT2D eigenvalue weighted by molar-refractivity contribution is 1.67. The Morgan fingerprint density at radius 2 is 0.875 bits per heavy atom. The predicted octanol–water partition coefficient (Wildman–Crippen LogP) is 10.6. The van der Waals surface area contributed by atoms with E-state index in [4.69, 9.17) is 0 Å². The van der Waals surface area contributed by atoms with Crippen molar-refractivity contribution in [2.75, 3.05) is 0 Å². The van der Waals surface area contributed by atoms with Crippen molar-refractivity contribution in [1.29, 1.82) is 0 Å². The second kappa shape index (κ2) is 8.27. The fourth-order valence-electron chi connectivity index (χ4n) is 4.22. The van der Waals surface area contributed by atoms with Gasteiger partial charge in [-0.05, 0) is 47.5 Å². The van der Waals surface area contributed by atoms with E-state index < -0.39 is 0 Å². The number of rotatable bonds is 3. The van der Waals surface area contributed by atoms with Crippen LogP contribution in [0.25, 0.3) is 52.2 Å². The molecule has 2 aromatic heterocycles. The highest BCUT2D eigenvalue weighted by atomic mass is 79.9. The summed E-state index contributed by atoms with van der Waals surface area (Å²) >= 11 is 11.2. The van der Waals surface area contributed by atoms with E-state index >= 15 is 0 Å². The highest BCUT2D eigenvalue weighted by Crippen LogP contribution is 2.53. The molecule has 0 amide bonds. The summed E-state index contributed by atoms with van der Waals surface area (Å²) in [6.07, 6.45) is 0. The Labute approximate surface area is 211 Å². The molecule has 2 heterocycles. The van der Waals surface area contributed by atoms with E-state index in [2.05, 4.69) is 129 Å². The number of thiophene rings is 2. The lowest BCUT2D eigenvalue weighted by Crippen LogP contribution is -1.83.